The minimum Gasteiger partial charge on any atom is -0.495 e. The van der Waals surface area contributed by atoms with Gasteiger partial charge in [0.1, 0.15) is 17.4 Å². The summed E-state index contributed by atoms with van der Waals surface area (Å²) < 4.78 is 5.05. The first kappa shape index (κ1) is 12.6. The third-order valence-electron chi connectivity index (χ3n) is 2.51. The molecule has 0 unspecified atom stereocenters. The van der Waals surface area contributed by atoms with Crippen molar-refractivity contribution in [3.63, 3.8) is 0 Å². The quantitative estimate of drug-likeness (QED) is 0.910. The summed E-state index contributed by atoms with van der Waals surface area (Å²) in [5, 5.41) is 11.7. The van der Waals surface area contributed by atoms with E-state index in [2.05, 4.69) is 10.3 Å². The molecule has 1 aromatic heterocycles. The lowest BCUT2D eigenvalue weighted by Crippen LogP contribution is -2.14. The lowest BCUT2D eigenvalue weighted by molar-refractivity contribution is 0.102. The van der Waals surface area contributed by atoms with Crippen molar-refractivity contribution < 1.29 is 9.53 Å². The zero-order valence-electron chi connectivity index (χ0n) is 10.3. The molecule has 0 fully saturated rings. The Kier molecular flexibility index (Phi) is 3.74. The molecule has 0 radical (unpaired) electrons. The van der Waals surface area contributed by atoms with Gasteiger partial charge < -0.3 is 10.1 Å². The number of methoxy groups -OCH3 is 1. The van der Waals surface area contributed by atoms with Crippen LogP contribution in [-0.4, -0.2) is 18.0 Å². The Morgan fingerprint density at radius 1 is 1.32 bits per heavy atom. The summed E-state index contributed by atoms with van der Waals surface area (Å²) in [6, 6.07) is 12.2. The molecule has 5 nitrogen and oxygen atoms in total. The number of nitriles is 1. The van der Waals surface area contributed by atoms with E-state index in [9.17, 15) is 4.79 Å². The molecular weight excluding hydrogens is 242 g/mol. The van der Waals surface area contributed by atoms with Gasteiger partial charge in [0.2, 0.25) is 0 Å². The molecule has 0 atom stereocenters. The number of carbonyl (C=O) groups is 1. The van der Waals surface area contributed by atoms with Crippen LogP contribution in [0.4, 0.5) is 5.82 Å². The fourth-order valence-electron chi connectivity index (χ4n) is 1.59. The molecule has 0 saturated heterocycles. The van der Waals surface area contributed by atoms with Crippen molar-refractivity contribution in [3.05, 3.63) is 53.7 Å². The molecule has 2 aromatic rings. The van der Waals surface area contributed by atoms with Gasteiger partial charge in [0.05, 0.1) is 7.11 Å². The third kappa shape index (κ3) is 2.69. The highest BCUT2D eigenvalue weighted by atomic mass is 16.5. The van der Waals surface area contributed by atoms with Gasteiger partial charge in [0.15, 0.2) is 5.82 Å². The topological polar surface area (TPSA) is 75.0 Å². The van der Waals surface area contributed by atoms with Crippen LogP contribution >= 0.6 is 0 Å². The van der Waals surface area contributed by atoms with Crippen molar-refractivity contribution >= 4 is 11.7 Å². The number of rotatable bonds is 3. The van der Waals surface area contributed by atoms with Crippen LogP contribution in [-0.2, 0) is 0 Å². The summed E-state index contributed by atoms with van der Waals surface area (Å²) in [5.41, 5.74) is 0.699. The molecule has 1 aromatic carbocycles. The Labute approximate surface area is 110 Å². The molecular formula is C14H11N3O2. The molecule has 0 bridgehead atoms. The van der Waals surface area contributed by atoms with Gasteiger partial charge >= 0.3 is 0 Å². The van der Waals surface area contributed by atoms with E-state index in [-0.39, 0.29) is 17.3 Å². The van der Waals surface area contributed by atoms with Crippen LogP contribution in [0, 0.1) is 11.3 Å². The van der Waals surface area contributed by atoms with Crippen molar-refractivity contribution in [2.45, 2.75) is 0 Å². The summed E-state index contributed by atoms with van der Waals surface area (Å²) in [5.74, 6) is 0.245. The van der Waals surface area contributed by atoms with Crippen molar-refractivity contribution in [1.82, 2.24) is 4.98 Å². The van der Waals surface area contributed by atoms with Crippen LogP contribution < -0.4 is 10.1 Å². The number of benzene rings is 1. The Morgan fingerprint density at radius 3 is 2.68 bits per heavy atom. The van der Waals surface area contributed by atoms with Gasteiger partial charge in [-0.2, -0.15) is 5.26 Å². The highest BCUT2D eigenvalue weighted by molar-refractivity contribution is 6.04. The van der Waals surface area contributed by atoms with Crippen molar-refractivity contribution in [2.75, 3.05) is 12.4 Å². The van der Waals surface area contributed by atoms with E-state index in [1.165, 1.54) is 13.3 Å². The van der Waals surface area contributed by atoms with Crippen LogP contribution in [0.5, 0.6) is 5.75 Å². The average molecular weight is 253 g/mol. The number of pyridine rings is 1. The molecule has 5 heteroatoms. The maximum absolute atomic E-state index is 12.0. The Hall–Kier alpha value is -2.87. The molecule has 0 aliphatic heterocycles. The molecule has 1 heterocycles. The minimum absolute atomic E-state index is 0.190. The van der Waals surface area contributed by atoms with E-state index in [1.807, 2.05) is 12.1 Å². The normalized spacial score (nSPS) is 9.47. The monoisotopic (exact) mass is 253 g/mol. The van der Waals surface area contributed by atoms with E-state index in [0.29, 0.717) is 11.3 Å². The zero-order valence-corrected chi connectivity index (χ0v) is 10.3. The number of nitrogens with one attached hydrogen (secondary N) is 1. The standard InChI is InChI=1S/C14H11N3O2/c1-19-12-7-8-16-13(11(12)9-15)17-14(18)10-5-3-2-4-6-10/h2-8H,1H3,(H,16,17,18). The van der Waals surface area contributed by atoms with E-state index < -0.39 is 0 Å². The smallest absolute Gasteiger partial charge is 0.256 e. The van der Waals surface area contributed by atoms with E-state index in [0.717, 1.165) is 0 Å². The summed E-state index contributed by atoms with van der Waals surface area (Å²) in [6.45, 7) is 0. The van der Waals surface area contributed by atoms with E-state index in [1.54, 1.807) is 30.3 Å². The molecule has 0 aliphatic rings. The number of carbonyl (C=O) groups excluding carboxylic acids is 1. The summed E-state index contributed by atoms with van der Waals surface area (Å²) in [7, 11) is 1.46. The average Bonchev–Trinajstić information content (AvgIpc) is 2.47. The fraction of sp³-hybridized carbons (Fsp3) is 0.0714. The summed E-state index contributed by atoms with van der Waals surface area (Å²) >= 11 is 0. The van der Waals surface area contributed by atoms with Crippen LogP contribution in [0.3, 0.4) is 0 Å². The van der Waals surface area contributed by atoms with Crippen LogP contribution in [0.1, 0.15) is 15.9 Å². The van der Waals surface area contributed by atoms with Gasteiger partial charge in [-0.05, 0) is 18.2 Å². The SMILES string of the molecule is COc1ccnc(NC(=O)c2ccccc2)c1C#N. The van der Waals surface area contributed by atoms with Gasteiger partial charge in [0.25, 0.3) is 5.91 Å². The molecule has 0 spiro atoms. The van der Waals surface area contributed by atoms with Crippen molar-refractivity contribution in [1.29, 1.82) is 5.26 Å². The largest absolute Gasteiger partial charge is 0.495 e. The number of hydrogen-bond donors (Lipinski definition) is 1. The number of amides is 1. The highest BCUT2D eigenvalue weighted by Crippen LogP contribution is 2.23. The summed E-state index contributed by atoms with van der Waals surface area (Å²) in [6.07, 6.45) is 1.47. The predicted octanol–water partition coefficient (Wildman–Crippen LogP) is 2.21. The third-order valence-corrected chi connectivity index (χ3v) is 2.51. The molecule has 1 amide bonds. The van der Waals surface area contributed by atoms with Gasteiger partial charge in [0, 0.05) is 11.8 Å². The molecule has 2 rings (SSSR count). The van der Waals surface area contributed by atoms with E-state index >= 15 is 0 Å². The lowest BCUT2D eigenvalue weighted by atomic mass is 10.2. The first-order chi connectivity index (χ1) is 9.26. The van der Waals surface area contributed by atoms with Crippen LogP contribution in [0.15, 0.2) is 42.6 Å². The summed E-state index contributed by atoms with van der Waals surface area (Å²) in [4.78, 5) is 16.0. The Balaban J connectivity index is 2.30. The van der Waals surface area contributed by atoms with Gasteiger partial charge in [-0.3, -0.25) is 4.79 Å². The highest BCUT2D eigenvalue weighted by Gasteiger charge is 2.13. The number of nitrogens with zero attached hydrogens (tertiary/aromatic N) is 2. The van der Waals surface area contributed by atoms with E-state index in [4.69, 9.17) is 10.00 Å². The van der Waals surface area contributed by atoms with Crippen molar-refractivity contribution in [2.24, 2.45) is 0 Å². The molecule has 0 saturated carbocycles. The first-order valence-electron chi connectivity index (χ1n) is 5.55. The second-order valence-corrected chi connectivity index (χ2v) is 3.67. The van der Waals surface area contributed by atoms with Gasteiger partial charge in [-0.1, -0.05) is 18.2 Å². The second kappa shape index (κ2) is 5.65. The Morgan fingerprint density at radius 2 is 2.05 bits per heavy atom. The van der Waals surface area contributed by atoms with Gasteiger partial charge in [-0.25, -0.2) is 4.98 Å². The lowest BCUT2D eigenvalue weighted by Gasteiger charge is -2.08. The van der Waals surface area contributed by atoms with Crippen molar-refractivity contribution in [3.8, 4) is 11.8 Å². The maximum Gasteiger partial charge on any atom is 0.256 e. The molecule has 19 heavy (non-hydrogen) atoms. The maximum atomic E-state index is 12.0. The number of hydrogen-bond acceptors (Lipinski definition) is 4. The predicted molar refractivity (Wildman–Crippen MR) is 69.9 cm³/mol. The number of aromatic nitrogens is 1. The van der Waals surface area contributed by atoms with Gasteiger partial charge in [-0.15, -0.1) is 0 Å². The number of ether oxygens (including phenoxy) is 1. The van der Waals surface area contributed by atoms with Crippen LogP contribution in [0.25, 0.3) is 0 Å². The van der Waals surface area contributed by atoms with Crippen LogP contribution in [0.2, 0.25) is 0 Å². The minimum atomic E-state index is -0.321. The Bertz CT molecular complexity index is 633. The molecule has 0 aliphatic carbocycles. The number of anilines is 1. The first-order valence-corrected chi connectivity index (χ1v) is 5.55. The molecule has 1 N–H and O–H groups in total. The second-order valence-electron chi connectivity index (χ2n) is 3.67. The fourth-order valence-corrected chi connectivity index (χ4v) is 1.59. The molecule has 94 valence electrons. The zero-order chi connectivity index (χ0) is 13.7.